The third kappa shape index (κ3) is 4.26. The molecule has 0 amide bonds. The maximum atomic E-state index is 13.6. The Labute approximate surface area is 198 Å². The van der Waals surface area contributed by atoms with Crippen LogP contribution >= 0.6 is 22.7 Å². The second kappa shape index (κ2) is 9.36. The minimum absolute atomic E-state index is 0.232. The van der Waals surface area contributed by atoms with E-state index >= 15 is 0 Å². The van der Waals surface area contributed by atoms with E-state index in [4.69, 9.17) is 14.2 Å². The van der Waals surface area contributed by atoms with Crippen LogP contribution in [0.25, 0.3) is 6.08 Å². The lowest BCUT2D eigenvalue weighted by atomic mass is 10.0. The predicted octanol–water partition coefficient (Wildman–Crippen LogP) is 3.27. The Hall–Kier alpha value is -3.17. The number of fused-ring (bicyclic) bond motifs is 1. The van der Waals surface area contributed by atoms with Gasteiger partial charge in [-0.3, -0.25) is 9.36 Å². The minimum atomic E-state index is -0.596. The van der Waals surface area contributed by atoms with Gasteiger partial charge in [0.25, 0.3) is 5.56 Å². The third-order valence-electron chi connectivity index (χ3n) is 5.12. The molecule has 0 N–H and O–H groups in total. The first kappa shape index (κ1) is 23.0. The van der Waals surface area contributed by atoms with E-state index in [0.717, 1.165) is 4.88 Å². The Kier molecular flexibility index (Phi) is 6.53. The predicted molar refractivity (Wildman–Crippen MR) is 129 cm³/mol. The first-order valence-electron chi connectivity index (χ1n) is 10.3. The van der Waals surface area contributed by atoms with Gasteiger partial charge in [0, 0.05) is 10.4 Å². The number of hydrogen-bond acceptors (Lipinski definition) is 8. The number of ether oxygens (including phenoxy) is 3. The van der Waals surface area contributed by atoms with Crippen molar-refractivity contribution in [1.29, 1.82) is 0 Å². The van der Waals surface area contributed by atoms with Crippen molar-refractivity contribution in [3.63, 3.8) is 0 Å². The van der Waals surface area contributed by atoms with E-state index in [9.17, 15) is 9.59 Å². The highest BCUT2D eigenvalue weighted by molar-refractivity contribution is 7.10. The van der Waals surface area contributed by atoms with Crippen LogP contribution in [-0.2, 0) is 9.53 Å². The summed E-state index contributed by atoms with van der Waals surface area (Å²) in [5.41, 5.74) is 1.41. The van der Waals surface area contributed by atoms with Crippen LogP contribution in [-0.4, -0.2) is 30.9 Å². The Bertz CT molecular complexity index is 1400. The van der Waals surface area contributed by atoms with Gasteiger partial charge in [0.15, 0.2) is 16.3 Å². The van der Waals surface area contributed by atoms with E-state index in [1.54, 1.807) is 51.7 Å². The number of benzene rings is 1. The van der Waals surface area contributed by atoms with Crippen molar-refractivity contribution in [2.45, 2.75) is 32.9 Å². The average Bonchev–Trinajstić information content (AvgIpc) is 3.41. The van der Waals surface area contributed by atoms with Crippen molar-refractivity contribution in [1.82, 2.24) is 4.57 Å². The van der Waals surface area contributed by atoms with Gasteiger partial charge in [0.2, 0.25) is 0 Å². The number of rotatable bonds is 6. The molecule has 0 radical (unpaired) electrons. The molecular weight excluding hydrogens is 460 g/mol. The number of allylic oxidation sites excluding steroid dienone is 1. The van der Waals surface area contributed by atoms with Crippen LogP contribution in [0.1, 0.15) is 37.3 Å². The number of carbonyl (C=O) groups excluding carboxylic acids is 1. The van der Waals surface area contributed by atoms with Gasteiger partial charge < -0.3 is 14.2 Å². The second-order valence-electron chi connectivity index (χ2n) is 7.63. The summed E-state index contributed by atoms with van der Waals surface area (Å²) in [5.74, 6) is 0.650. The lowest BCUT2D eigenvalue weighted by Gasteiger charge is -2.24. The average molecular weight is 485 g/mol. The fraction of sp³-hybridized carbons (Fsp3) is 0.292. The van der Waals surface area contributed by atoms with Gasteiger partial charge in [0.05, 0.1) is 36.1 Å². The molecule has 0 saturated carbocycles. The minimum Gasteiger partial charge on any atom is -0.493 e. The largest absolute Gasteiger partial charge is 0.493 e. The number of thiazole rings is 1. The molecule has 3 aromatic rings. The van der Waals surface area contributed by atoms with Crippen molar-refractivity contribution in [2.75, 3.05) is 14.2 Å². The molecule has 0 spiro atoms. The van der Waals surface area contributed by atoms with Crippen LogP contribution in [0.15, 0.2) is 56.8 Å². The van der Waals surface area contributed by atoms with Crippen LogP contribution in [0.2, 0.25) is 0 Å². The molecular formula is C24H24N2O5S2. The number of nitrogens with zero attached hydrogens (tertiary/aromatic N) is 2. The number of methoxy groups -OCH3 is 2. The van der Waals surface area contributed by atoms with E-state index in [1.807, 2.05) is 29.6 Å². The van der Waals surface area contributed by atoms with Crippen molar-refractivity contribution in [3.8, 4) is 11.5 Å². The van der Waals surface area contributed by atoms with E-state index in [1.165, 1.54) is 22.7 Å². The fourth-order valence-corrected chi connectivity index (χ4v) is 5.60. The number of para-hydroxylation sites is 1. The summed E-state index contributed by atoms with van der Waals surface area (Å²) in [7, 11) is 3.13. The van der Waals surface area contributed by atoms with Gasteiger partial charge in [-0.25, -0.2) is 9.79 Å². The molecule has 3 heterocycles. The molecule has 4 rings (SSSR count). The molecule has 9 heteroatoms. The number of hydrogen-bond donors (Lipinski definition) is 0. The number of esters is 1. The fourth-order valence-electron chi connectivity index (χ4n) is 3.74. The van der Waals surface area contributed by atoms with Crippen LogP contribution in [0, 0.1) is 0 Å². The van der Waals surface area contributed by atoms with Crippen LogP contribution in [0.4, 0.5) is 0 Å². The van der Waals surface area contributed by atoms with Gasteiger partial charge in [-0.05, 0) is 44.4 Å². The zero-order valence-corrected chi connectivity index (χ0v) is 20.6. The van der Waals surface area contributed by atoms with E-state index in [0.29, 0.717) is 37.7 Å². The molecule has 0 saturated heterocycles. The summed E-state index contributed by atoms with van der Waals surface area (Å²) in [5, 5.41) is 1.92. The van der Waals surface area contributed by atoms with Gasteiger partial charge in [-0.2, -0.15) is 0 Å². The Morgan fingerprint density at radius 1 is 1.18 bits per heavy atom. The van der Waals surface area contributed by atoms with Gasteiger partial charge >= 0.3 is 5.97 Å². The summed E-state index contributed by atoms with van der Waals surface area (Å²) in [4.78, 5) is 32.6. The topological polar surface area (TPSA) is 79.1 Å². The molecule has 0 unspecified atom stereocenters. The van der Waals surface area contributed by atoms with Crippen LogP contribution < -0.4 is 24.4 Å². The first-order valence-corrected chi connectivity index (χ1v) is 12.0. The van der Waals surface area contributed by atoms with Crippen molar-refractivity contribution < 1.29 is 19.0 Å². The standard InChI is InChI=1S/C24H24N2O5S2/c1-13(2)31-23(28)19-14(3)25-24-26(20(19)17-10-7-11-32-17)22(27)18(33-24)12-15-8-6-9-16(29-4)21(15)30-5/h6-13,20H,1-5H3/b18-12-/t20-/m0/s1. The molecule has 1 aromatic carbocycles. The maximum absolute atomic E-state index is 13.6. The maximum Gasteiger partial charge on any atom is 0.338 e. The molecule has 1 aliphatic rings. The summed E-state index contributed by atoms with van der Waals surface area (Å²) < 4.78 is 18.5. The summed E-state index contributed by atoms with van der Waals surface area (Å²) in [6.07, 6.45) is 1.48. The molecule has 1 atom stereocenters. The molecule has 0 bridgehead atoms. The molecule has 0 fully saturated rings. The lowest BCUT2D eigenvalue weighted by molar-refractivity contribution is -0.143. The number of aromatic nitrogens is 1. The molecule has 33 heavy (non-hydrogen) atoms. The first-order chi connectivity index (χ1) is 15.8. The van der Waals surface area contributed by atoms with Crippen LogP contribution in [0.5, 0.6) is 11.5 Å². The molecule has 7 nitrogen and oxygen atoms in total. The summed E-state index contributed by atoms with van der Waals surface area (Å²) >= 11 is 2.75. The van der Waals surface area contributed by atoms with Crippen LogP contribution in [0.3, 0.4) is 0 Å². The smallest absolute Gasteiger partial charge is 0.338 e. The van der Waals surface area contributed by atoms with E-state index in [-0.39, 0.29) is 11.7 Å². The lowest BCUT2D eigenvalue weighted by Crippen LogP contribution is -2.39. The highest BCUT2D eigenvalue weighted by atomic mass is 32.1. The monoisotopic (exact) mass is 484 g/mol. The van der Waals surface area contributed by atoms with Crippen molar-refractivity contribution >= 4 is 34.7 Å². The zero-order chi connectivity index (χ0) is 23.7. The van der Waals surface area contributed by atoms with Crippen molar-refractivity contribution in [2.24, 2.45) is 4.99 Å². The van der Waals surface area contributed by atoms with E-state index < -0.39 is 12.0 Å². The normalized spacial score (nSPS) is 15.9. The molecule has 1 aliphatic heterocycles. The van der Waals surface area contributed by atoms with Gasteiger partial charge in [-0.15, -0.1) is 11.3 Å². The quantitative estimate of drug-likeness (QED) is 0.502. The Balaban J connectivity index is 1.94. The highest BCUT2D eigenvalue weighted by Gasteiger charge is 2.34. The molecule has 172 valence electrons. The Morgan fingerprint density at radius 2 is 1.97 bits per heavy atom. The Morgan fingerprint density at radius 3 is 2.61 bits per heavy atom. The van der Waals surface area contributed by atoms with Gasteiger partial charge in [0.1, 0.15) is 6.04 Å². The zero-order valence-electron chi connectivity index (χ0n) is 18.9. The number of thiophene rings is 1. The second-order valence-corrected chi connectivity index (χ2v) is 9.62. The summed E-state index contributed by atoms with van der Waals surface area (Å²) in [6, 6.07) is 8.71. The highest BCUT2D eigenvalue weighted by Crippen LogP contribution is 2.34. The van der Waals surface area contributed by atoms with Crippen molar-refractivity contribution in [3.05, 3.63) is 77.1 Å². The van der Waals surface area contributed by atoms with E-state index in [2.05, 4.69) is 4.99 Å². The summed E-state index contributed by atoms with van der Waals surface area (Å²) in [6.45, 7) is 5.37. The third-order valence-corrected chi connectivity index (χ3v) is 7.02. The molecule has 0 aliphatic carbocycles. The molecule has 2 aromatic heterocycles. The number of carbonyl (C=O) groups is 1. The SMILES string of the molecule is COc1cccc(/C=c2\sc3n(c2=O)[C@@H](c2cccs2)C(C(=O)OC(C)C)=C(C)N=3)c1OC. The van der Waals surface area contributed by atoms with Gasteiger partial charge in [-0.1, -0.05) is 29.5 Å².